The van der Waals surface area contributed by atoms with E-state index in [4.69, 9.17) is 5.11 Å². The SMILES string of the molecule is C=CCC1(C(=O)NCCCCC(=O)O)CCC1. The summed E-state index contributed by atoms with van der Waals surface area (Å²) >= 11 is 0. The topological polar surface area (TPSA) is 66.4 Å². The molecule has 0 aliphatic heterocycles. The van der Waals surface area contributed by atoms with Crippen molar-refractivity contribution in [1.29, 1.82) is 0 Å². The Hall–Kier alpha value is -1.32. The van der Waals surface area contributed by atoms with Crippen molar-refractivity contribution in [2.24, 2.45) is 5.41 Å². The van der Waals surface area contributed by atoms with E-state index < -0.39 is 5.97 Å². The monoisotopic (exact) mass is 239 g/mol. The van der Waals surface area contributed by atoms with Crippen LogP contribution >= 0.6 is 0 Å². The van der Waals surface area contributed by atoms with E-state index >= 15 is 0 Å². The smallest absolute Gasteiger partial charge is 0.303 e. The molecule has 0 bridgehead atoms. The number of aliphatic carboxylic acids is 1. The molecule has 0 spiro atoms. The first-order chi connectivity index (χ1) is 8.10. The van der Waals surface area contributed by atoms with Crippen LogP contribution in [0.5, 0.6) is 0 Å². The number of carbonyl (C=O) groups is 2. The number of carboxylic acids is 1. The highest BCUT2D eigenvalue weighted by Gasteiger charge is 2.42. The zero-order valence-electron chi connectivity index (χ0n) is 10.2. The first-order valence-corrected chi connectivity index (χ1v) is 6.22. The zero-order chi connectivity index (χ0) is 12.7. The van der Waals surface area contributed by atoms with E-state index in [1.165, 1.54) is 0 Å². The van der Waals surface area contributed by atoms with Crippen molar-refractivity contribution in [2.45, 2.75) is 44.9 Å². The minimum Gasteiger partial charge on any atom is -0.481 e. The van der Waals surface area contributed by atoms with Gasteiger partial charge in [0.05, 0.1) is 5.41 Å². The van der Waals surface area contributed by atoms with Gasteiger partial charge in [-0.25, -0.2) is 0 Å². The van der Waals surface area contributed by atoms with Crippen LogP contribution in [-0.4, -0.2) is 23.5 Å². The molecule has 0 unspecified atom stereocenters. The predicted molar refractivity (Wildman–Crippen MR) is 65.6 cm³/mol. The van der Waals surface area contributed by atoms with Crippen LogP contribution in [-0.2, 0) is 9.59 Å². The second-order valence-corrected chi connectivity index (χ2v) is 4.73. The van der Waals surface area contributed by atoms with Crippen LogP contribution in [0.15, 0.2) is 12.7 Å². The van der Waals surface area contributed by atoms with Gasteiger partial charge in [0.15, 0.2) is 0 Å². The Kier molecular flexibility index (Phi) is 5.19. The van der Waals surface area contributed by atoms with E-state index in [2.05, 4.69) is 11.9 Å². The van der Waals surface area contributed by atoms with Crippen LogP contribution in [0.4, 0.5) is 0 Å². The van der Waals surface area contributed by atoms with Gasteiger partial charge >= 0.3 is 5.97 Å². The molecular formula is C13H21NO3. The third-order valence-electron chi connectivity index (χ3n) is 3.43. The standard InChI is InChI=1S/C13H21NO3/c1-2-7-13(8-5-9-13)12(17)14-10-4-3-6-11(15)16/h2H,1,3-10H2,(H,14,17)(H,15,16). The van der Waals surface area contributed by atoms with Crippen molar-refractivity contribution < 1.29 is 14.7 Å². The molecule has 0 saturated heterocycles. The maximum Gasteiger partial charge on any atom is 0.303 e. The molecule has 0 aromatic carbocycles. The van der Waals surface area contributed by atoms with E-state index in [9.17, 15) is 9.59 Å². The highest BCUT2D eigenvalue weighted by molar-refractivity contribution is 5.83. The Bertz CT molecular complexity index is 295. The van der Waals surface area contributed by atoms with Gasteiger partial charge in [0, 0.05) is 13.0 Å². The Morgan fingerprint density at radius 2 is 2.06 bits per heavy atom. The van der Waals surface area contributed by atoms with E-state index in [-0.39, 0.29) is 17.7 Å². The van der Waals surface area contributed by atoms with Crippen molar-refractivity contribution in [3.63, 3.8) is 0 Å². The number of carboxylic acid groups (broad SMARTS) is 1. The normalized spacial score (nSPS) is 16.9. The average Bonchev–Trinajstić information content (AvgIpc) is 2.22. The highest BCUT2D eigenvalue weighted by Crippen LogP contribution is 2.44. The maximum absolute atomic E-state index is 12.0. The molecule has 4 nitrogen and oxygen atoms in total. The van der Waals surface area contributed by atoms with Gasteiger partial charge in [0.1, 0.15) is 0 Å². The van der Waals surface area contributed by atoms with Gasteiger partial charge < -0.3 is 10.4 Å². The van der Waals surface area contributed by atoms with Crippen LogP contribution in [0, 0.1) is 5.41 Å². The first kappa shape index (κ1) is 13.7. The van der Waals surface area contributed by atoms with Gasteiger partial charge in [0.2, 0.25) is 5.91 Å². The highest BCUT2D eigenvalue weighted by atomic mass is 16.4. The molecule has 2 N–H and O–H groups in total. The molecule has 1 fully saturated rings. The van der Waals surface area contributed by atoms with E-state index in [1.54, 1.807) is 0 Å². The van der Waals surface area contributed by atoms with Crippen molar-refractivity contribution in [3.05, 3.63) is 12.7 Å². The number of hydrogen-bond donors (Lipinski definition) is 2. The van der Waals surface area contributed by atoms with E-state index in [0.717, 1.165) is 32.1 Å². The van der Waals surface area contributed by atoms with Crippen LogP contribution in [0.2, 0.25) is 0 Å². The lowest BCUT2D eigenvalue weighted by atomic mass is 9.66. The Labute approximate surface area is 102 Å². The summed E-state index contributed by atoms with van der Waals surface area (Å²) in [5, 5.41) is 11.4. The molecule has 1 aliphatic carbocycles. The summed E-state index contributed by atoms with van der Waals surface area (Å²) in [5.41, 5.74) is -0.214. The predicted octanol–water partition coefficient (Wildman–Crippen LogP) is 2.10. The molecule has 1 amide bonds. The fraction of sp³-hybridized carbons (Fsp3) is 0.692. The van der Waals surface area contributed by atoms with Crippen molar-refractivity contribution in [1.82, 2.24) is 5.32 Å². The summed E-state index contributed by atoms with van der Waals surface area (Å²) in [7, 11) is 0. The number of nitrogens with one attached hydrogen (secondary N) is 1. The molecule has 1 saturated carbocycles. The van der Waals surface area contributed by atoms with Gasteiger partial charge in [-0.15, -0.1) is 6.58 Å². The average molecular weight is 239 g/mol. The lowest BCUT2D eigenvalue weighted by Gasteiger charge is -2.39. The minimum absolute atomic E-state index is 0.110. The quantitative estimate of drug-likeness (QED) is 0.503. The van der Waals surface area contributed by atoms with Gasteiger partial charge in [-0.1, -0.05) is 12.5 Å². The summed E-state index contributed by atoms with van der Waals surface area (Å²) in [6.07, 6.45) is 7.07. The summed E-state index contributed by atoms with van der Waals surface area (Å²) in [6.45, 7) is 4.27. The molecule has 1 aliphatic rings. The molecule has 17 heavy (non-hydrogen) atoms. The summed E-state index contributed by atoms with van der Waals surface area (Å²) in [6, 6.07) is 0. The number of rotatable bonds is 8. The molecule has 0 atom stereocenters. The third kappa shape index (κ3) is 3.88. The maximum atomic E-state index is 12.0. The largest absolute Gasteiger partial charge is 0.481 e. The summed E-state index contributed by atoms with van der Waals surface area (Å²) < 4.78 is 0. The van der Waals surface area contributed by atoms with Crippen molar-refractivity contribution >= 4 is 11.9 Å². The van der Waals surface area contributed by atoms with Gasteiger partial charge in [-0.2, -0.15) is 0 Å². The van der Waals surface area contributed by atoms with Crippen LogP contribution in [0.3, 0.4) is 0 Å². The molecule has 0 aromatic rings. The minimum atomic E-state index is -0.779. The van der Waals surface area contributed by atoms with Crippen LogP contribution in [0.25, 0.3) is 0 Å². The van der Waals surface area contributed by atoms with E-state index in [1.807, 2.05) is 6.08 Å². The molecule has 4 heteroatoms. The Balaban J connectivity index is 2.20. The third-order valence-corrected chi connectivity index (χ3v) is 3.43. The number of allylic oxidation sites excluding steroid dienone is 1. The number of unbranched alkanes of at least 4 members (excludes halogenated alkanes) is 1. The summed E-state index contributed by atoms with van der Waals surface area (Å²) in [5.74, 6) is -0.669. The number of carbonyl (C=O) groups excluding carboxylic acids is 1. The van der Waals surface area contributed by atoms with E-state index in [0.29, 0.717) is 13.0 Å². The lowest BCUT2D eigenvalue weighted by Crippen LogP contribution is -2.45. The van der Waals surface area contributed by atoms with Crippen molar-refractivity contribution in [3.8, 4) is 0 Å². The molecular weight excluding hydrogens is 218 g/mol. The fourth-order valence-electron chi connectivity index (χ4n) is 2.19. The Morgan fingerprint density at radius 1 is 1.35 bits per heavy atom. The Morgan fingerprint density at radius 3 is 2.53 bits per heavy atom. The van der Waals surface area contributed by atoms with Crippen LogP contribution in [0.1, 0.15) is 44.9 Å². The molecule has 96 valence electrons. The first-order valence-electron chi connectivity index (χ1n) is 6.22. The second-order valence-electron chi connectivity index (χ2n) is 4.73. The van der Waals surface area contributed by atoms with Crippen LogP contribution < -0.4 is 5.32 Å². The van der Waals surface area contributed by atoms with Gasteiger partial charge in [-0.05, 0) is 32.1 Å². The molecule has 0 radical (unpaired) electrons. The van der Waals surface area contributed by atoms with Crippen molar-refractivity contribution in [2.75, 3.05) is 6.54 Å². The molecule has 0 aromatic heterocycles. The fourth-order valence-corrected chi connectivity index (χ4v) is 2.19. The number of hydrogen-bond acceptors (Lipinski definition) is 2. The lowest BCUT2D eigenvalue weighted by molar-refractivity contribution is -0.137. The molecule has 0 heterocycles. The summed E-state index contributed by atoms with van der Waals surface area (Å²) in [4.78, 5) is 22.3. The molecule has 1 rings (SSSR count). The second kappa shape index (κ2) is 6.42. The zero-order valence-corrected chi connectivity index (χ0v) is 10.2. The van der Waals surface area contributed by atoms with Gasteiger partial charge in [0.25, 0.3) is 0 Å². The van der Waals surface area contributed by atoms with Gasteiger partial charge in [-0.3, -0.25) is 9.59 Å². The number of amides is 1.